The fourth-order valence-corrected chi connectivity index (χ4v) is 1.61. The fraction of sp³-hybridized carbons (Fsp3) is 0. The van der Waals surface area contributed by atoms with Gasteiger partial charge in [0.05, 0.1) is 0 Å². The molecule has 2 N–H and O–H groups in total. The van der Waals surface area contributed by atoms with E-state index in [1.165, 1.54) is 0 Å². The minimum atomic E-state index is -9.97. The summed E-state index contributed by atoms with van der Waals surface area (Å²) in [5.74, 6) is -2.03. The van der Waals surface area contributed by atoms with Crippen molar-refractivity contribution in [3.05, 3.63) is 24.0 Å². The van der Waals surface area contributed by atoms with E-state index >= 15 is 0 Å². The molecule has 0 radical (unpaired) electrons. The second-order valence-corrected chi connectivity index (χ2v) is 5.04. The van der Waals surface area contributed by atoms with Gasteiger partial charge in [0.15, 0.2) is 0 Å². The molecule has 1 aromatic rings. The standard InChI is InChI=1S/C6H5F6NS/c7-5-2-1-4(13)3-6(5)14(8,9,10,11)12/h1-3H,13H2. The van der Waals surface area contributed by atoms with Gasteiger partial charge in [0.1, 0.15) is 10.7 Å². The molecule has 1 rings (SSSR count). The Labute approximate surface area is 75.2 Å². The highest BCUT2D eigenvalue weighted by atomic mass is 32.5. The van der Waals surface area contributed by atoms with E-state index in [-0.39, 0.29) is 12.1 Å². The lowest BCUT2D eigenvalue weighted by Crippen LogP contribution is -2.09. The highest BCUT2D eigenvalue weighted by Gasteiger charge is 2.67. The molecule has 0 bridgehead atoms. The Morgan fingerprint density at radius 2 is 1.50 bits per heavy atom. The normalized spacial score (nSPS) is 17.3. The Morgan fingerprint density at radius 3 is 1.86 bits per heavy atom. The van der Waals surface area contributed by atoms with Gasteiger partial charge >= 0.3 is 10.2 Å². The maximum Gasteiger partial charge on any atom is 0.313 e. The molecule has 0 aromatic heterocycles. The van der Waals surface area contributed by atoms with Gasteiger partial charge in [-0.25, -0.2) is 4.39 Å². The van der Waals surface area contributed by atoms with Crippen molar-refractivity contribution < 1.29 is 23.8 Å². The number of nitrogen functional groups attached to an aromatic ring is 1. The Hall–Kier alpha value is -1.05. The van der Waals surface area contributed by atoms with E-state index in [2.05, 4.69) is 0 Å². The third kappa shape index (κ3) is 2.25. The van der Waals surface area contributed by atoms with Gasteiger partial charge in [0, 0.05) is 5.69 Å². The second-order valence-electron chi connectivity index (χ2n) is 2.66. The summed E-state index contributed by atoms with van der Waals surface area (Å²) in [4.78, 5) is -2.58. The second kappa shape index (κ2) is 2.13. The monoisotopic (exact) mass is 237 g/mol. The number of anilines is 1. The van der Waals surface area contributed by atoms with Crippen LogP contribution in [0.1, 0.15) is 0 Å². The number of hydrogen-bond donors (Lipinski definition) is 1. The lowest BCUT2D eigenvalue weighted by Gasteiger charge is -2.40. The van der Waals surface area contributed by atoms with E-state index < -0.39 is 26.6 Å². The van der Waals surface area contributed by atoms with Crippen LogP contribution in [0.4, 0.5) is 29.5 Å². The summed E-state index contributed by atoms with van der Waals surface area (Å²) in [7, 11) is -9.97. The Kier molecular flexibility index (Phi) is 1.68. The first kappa shape index (κ1) is 11.0. The maximum atomic E-state index is 12.5. The predicted molar refractivity (Wildman–Crippen MR) is 42.2 cm³/mol. The van der Waals surface area contributed by atoms with Crippen LogP contribution in [-0.2, 0) is 0 Å². The third-order valence-corrected chi connectivity index (χ3v) is 2.51. The molecule has 0 aliphatic carbocycles. The average Bonchev–Trinajstić information content (AvgIpc) is 1.89. The smallest absolute Gasteiger partial charge is 0.313 e. The van der Waals surface area contributed by atoms with Crippen molar-refractivity contribution in [1.82, 2.24) is 0 Å². The number of rotatable bonds is 1. The van der Waals surface area contributed by atoms with Crippen LogP contribution in [0.2, 0.25) is 0 Å². The summed E-state index contributed by atoms with van der Waals surface area (Å²) in [6, 6.07) is 0.905. The quantitative estimate of drug-likeness (QED) is 0.578. The van der Waals surface area contributed by atoms with Crippen molar-refractivity contribution in [1.29, 1.82) is 0 Å². The first-order valence-corrected chi connectivity index (χ1v) is 5.14. The van der Waals surface area contributed by atoms with Crippen LogP contribution < -0.4 is 5.73 Å². The highest BCUT2D eigenvalue weighted by Crippen LogP contribution is 3.02. The van der Waals surface area contributed by atoms with Gasteiger partial charge in [0.2, 0.25) is 0 Å². The summed E-state index contributed by atoms with van der Waals surface area (Å²) < 4.78 is 73.0. The predicted octanol–water partition coefficient (Wildman–Crippen LogP) is 4.07. The Balaban J connectivity index is 3.57. The minimum absolute atomic E-state index is 0.114. The van der Waals surface area contributed by atoms with E-state index in [1.807, 2.05) is 0 Å². The van der Waals surface area contributed by atoms with Gasteiger partial charge in [-0.2, -0.15) is 0 Å². The van der Waals surface area contributed by atoms with Crippen molar-refractivity contribution in [2.24, 2.45) is 0 Å². The topological polar surface area (TPSA) is 26.0 Å². The largest absolute Gasteiger partial charge is 0.399 e. The summed E-state index contributed by atoms with van der Waals surface area (Å²) >= 11 is 0. The zero-order valence-corrected chi connectivity index (χ0v) is 7.30. The molecular formula is C6H5F6NS. The fourth-order valence-electron chi connectivity index (χ4n) is 0.816. The molecule has 82 valence electrons. The van der Waals surface area contributed by atoms with Crippen molar-refractivity contribution in [2.75, 3.05) is 5.73 Å². The molecule has 0 aliphatic rings. The van der Waals surface area contributed by atoms with Crippen molar-refractivity contribution >= 4 is 15.9 Å². The van der Waals surface area contributed by atoms with E-state index in [1.54, 1.807) is 0 Å². The Morgan fingerprint density at radius 1 is 1.00 bits per heavy atom. The van der Waals surface area contributed by atoms with Gasteiger partial charge in [-0.15, -0.1) is 0 Å². The summed E-state index contributed by atoms with van der Waals surface area (Å²) in [6.45, 7) is 0. The lowest BCUT2D eigenvalue weighted by molar-refractivity contribution is 0.355. The van der Waals surface area contributed by atoms with Gasteiger partial charge < -0.3 is 5.73 Å². The van der Waals surface area contributed by atoms with Gasteiger partial charge in [-0.1, -0.05) is 19.4 Å². The Bertz CT molecular complexity index is 382. The highest BCUT2D eigenvalue weighted by molar-refractivity contribution is 8.45. The van der Waals surface area contributed by atoms with E-state index in [9.17, 15) is 23.8 Å². The maximum absolute atomic E-state index is 12.5. The van der Waals surface area contributed by atoms with Crippen LogP contribution in [0.15, 0.2) is 23.1 Å². The lowest BCUT2D eigenvalue weighted by atomic mass is 10.3. The zero-order chi connectivity index (χ0) is 11.3. The number of hydrogen-bond acceptors (Lipinski definition) is 1. The van der Waals surface area contributed by atoms with Crippen LogP contribution in [0, 0.1) is 5.82 Å². The summed E-state index contributed by atoms with van der Waals surface area (Å²) in [5.41, 5.74) is 4.29. The molecular weight excluding hydrogens is 232 g/mol. The van der Waals surface area contributed by atoms with Crippen LogP contribution in [0.25, 0.3) is 0 Å². The van der Waals surface area contributed by atoms with Crippen molar-refractivity contribution in [3.63, 3.8) is 0 Å². The molecule has 0 atom stereocenters. The van der Waals surface area contributed by atoms with Crippen LogP contribution >= 0.6 is 10.2 Å². The average molecular weight is 237 g/mol. The summed E-state index contributed by atoms with van der Waals surface area (Å²) in [5, 5.41) is 0. The third-order valence-electron chi connectivity index (χ3n) is 1.37. The molecule has 1 nitrogen and oxygen atoms in total. The van der Waals surface area contributed by atoms with Gasteiger partial charge in [0.25, 0.3) is 0 Å². The van der Waals surface area contributed by atoms with E-state index in [0.29, 0.717) is 0 Å². The number of benzene rings is 1. The van der Waals surface area contributed by atoms with Gasteiger partial charge in [-0.3, -0.25) is 0 Å². The molecule has 0 saturated heterocycles. The molecule has 0 heterocycles. The van der Waals surface area contributed by atoms with Crippen molar-refractivity contribution in [3.8, 4) is 0 Å². The van der Waals surface area contributed by atoms with Gasteiger partial charge in [-0.05, 0) is 18.2 Å². The zero-order valence-electron chi connectivity index (χ0n) is 6.49. The molecule has 0 fully saturated rings. The minimum Gasteiger partial charge on any atom is -0.399 e. The molecule has 0 unspecified atom stereocenters. The SMILES string of the molecule is Nc1ccc(F)c(S(F)(F)(F)(F)F)c1. The molecule has 14 heavy (non-hydrogen) atoms. The molecule has 0 saturated carbocycles. The summed E-state index contributed by atoms with van der Waals surface area (Å²) in [6.07, 6.45) is 0. The first-order chi connectivity index (χ1) is 5.90. The van der Waals surface area contributed by atoms with Crippen LogP contribution in [-0.4, -0.2) is 0 Å². The van der Waals surface area contributed by atoms with Crippen molar-refractivity contribution in [2.45, 2.75) is 4.90 Å². The van der Waals surface area contributed by atoms with E-state index in [0.717, 1.165) is 6.07 Å². The molecule has 0 spiro atoms. The van der Waals surface area contributed by atoms with Crippen LogP contribution in [0.3, 0.4) is 0 Å². The number of halogens is 6. The molecule has 8 heteroatoms. The number of nitrogens with two attached hydrogens (primary N) is 1. The first-order valence-electron chi connectivity index (χ1n) is 3.19. The van der Waals surface area contributed by atoms with Crippen LogP contribution in [0.5, 0.6) is 0 Å². The molecule has 0 aliphatic heterocycles. The molecule has 0 amide bonds. The molecule has 1 aromatic carbocycles. The van der Waals surface area contributed by atoms with E-state index in [4.69, 9.17) is 5.73 Å².